The fraction of sp³-hybridized carbons (Fsp3) is 0.167. The average molecular weight is 108 g/mol. The number of aromatic nitrogens is 1. The van der Waals surface area contributed by atoms with Crippen LogP contribution in [0.2, 0.25) is 0 Å². The summed E-state index contributed by atoms with van der Waals surface area (Å²) in [6.45, 7) is 1.87. The van der Waals surface area contributed by atoms with Crippen molar-refractivity contribution >= 4 is 0 Å². The van der Waals surface area contributed by atoms with Gasteiger partial charge in [0.25, 0.3) is 0 Å². The lowest BCUT2D eigenvalue weighted by Crippen LogP contribution is -1.74. The summed E-state index contributed by atoms with van der Waals surface area (Å²) in [6, 6.07) is 3.29. The molecule has 0 saturated heterocycles. The van der Waals surface area contributed by atoms with Gasteiger partial charge in [-0.1, -0.05) is 6.07 Å². The van der Waals surface area contributed by atoms with E-state index in [1.165, 1.54) is 6.07 Å². The fourth-order valence-corrected chi connectivity index (χ4v) is 0.420. The minimum Gasteiger partial charge on any atom is -0.493 e. The second kappa shape index (κ2) is 1.82. The van der Waals surface area contributed by atoms with Crippen LogP contribution in [0.1, 0.15) is 5.56 Å². The van der Waals surface area contributed by atoms with Crippen LogP contribution in [-0.2, 0) is 0 Å². The molecule has 1 heterocycles. The monoisotopic (exact) mass is 108 g/mol. The molecule has 0 amide bonds. The molecule has 0 aromatic carbocycles. The number of pyridine rings is 1. The maximum atomic E-state index is 8.61. The van der Waals surface area contributed by atoms with Gasteiger partial charge in [0.05, 0.1) is 6.20 Å². The molecule has 0 aliphatic rings. The van der Waals surface area contributed by atoms with Crippen LogP contribution in [0.25, 0.3) is 0 Å². The van der Waals surface area contributed by atoms with Crippen molar-refractivity contribution in [2.75, 3.05) is 0 Å². The molecule has 1 aromatic heterocycles. The predicted octanol–water partition coefficient (Wildman–Crippen LogP) is 0.896. The lowest BCUT2D eigenvalue weighted by atomic mass is 10.3. The Hall–Kier alpha value is -1.05. The highest BCUT2D eigenvalue weighted by Crippen LogP contribution is 2.01. The van der Waals surface area contributed by atoms with Crippen molar-refractivity contribution in [2.45, 2.75) is 6.92 Å². The summed E-state index contributed by atoms with van der Waals surface area (Å²) < 4.78 is 0. The minimum absolute atomic E-state index is 0.0237. The molecule has 0 aliphatic heterocycles. The van der Waals surface area contributed by atoms with Gasteiger partial charge in [0, 0.05) is 6.07 Å². The highest BCUT2D eigenvalue weighted by Gasteiger charge is 1.84. The Morgan fingerprint density at radius 2 is 2.38 bits per heavy atom. The Labute approximate surface area is 47.8 Å². The average Bonchev–Trinajstić information content (AvgIpc) is 1.77. The van der Waals surface area contributed by atoms with E-state index in [4.69, 9.17) is 5.11 Å². The van der Waals surface area contributed by atoms with E-state index in [9.17, 15) is 0 Å². The Bertz CT molecular complexity index is 147. The molecule has 2 nitrogen and oxygen atoms in total. The van der Waals surface area contributed by atoms with E-state index in [-0.39, 0.29) is 5.88 Å². The summed E-state index contributed by atoms with van der Waals surface area (Å²) in [5, 5.41) is 8.61. The maximum absolute atomic E-state index is 8.61. The fourth-order valence-electron chi connectivity index (χ4n) is 0.420. The molecule has 1 N–H and O–H groups in total. The van der Waals surface area contributed by atoms with Crippen LogP contribution in [0.5, 0.6) is 5.88 Å². The quantitative estimate of drug-likeness (QED) is 0.535. The second-order valence-electron chi connectivity index (χ2n) is 1.60. The minimum atomic E-state index is 0.0237. The van der Waals surface area contributed by atoms with Crippen LogP contribution in [0.15, 0.2) is 12.1 Å². The Morgan fingerprint density at radius 1 is 1.62 bits per heavy atom. The van der Waals surface area contributed by atoms with Gasteiger partial charge >= 0.3 is 0 Å². The molecular weight excluding hydrogens is 102 g/mol. The molecule has 0 unspecified atom stereocenters. The van der Waals surface area contributed by atoms with Gasteiger partial charge < -0.3 is 5.11 Å². The van der Waals surface area contributed by atoms with Crippen LogP contribution in [0, 0.1) is 13.1 Å². The van der Waals surface area contributed by atoms with E-state index in [0.717, 1.165) is 5.56 Å². The zero-order valence-electron chi connectivity index (χ0n) is 4.55. The molecule has 2 heteroatoms. The zero-order chi connectivity index (χ0) is 5.98. The van der Waals surface area contributed by atoms with Gasteiger partial charge in [0.15, 0.2) is 0 Å². The molecule has 8 heavy (non-hydrogen) atoms. The molecule has 0 fully saturated rings. The van der Waals surface area contributed by atoms with Gasteiger partial charge in [-0.2, -0.15) is 0 Å². The molecule has 0 aliphatic carbocycles. The Morgan fingerprint density at radius 3 is 2.75 bits per heavy atom. The molecule has 0 spiro atoms. The van der Waals surface area contributed by atoms with Gasteiger partial charge in [-0.3, -0.25) is 0 Å². The maximum Gasteiger partial charge on any atom is 0.211 e. The number of aromatic hydroxyl groups is 1. The normalized spacial score (nSPS) is 9.12. The number of hydrogen-bond acceptors (Lipinski definition) is 2. The van der Waals surface area contributed by atoms with E-state index in [1.807, 2.05) is 6.92 Å². The van der Waals surface area contributed by atoms with E-state index < -0.39 is 0 Å². The van der Waals surface area contributed by atoms with Crippen molar-refractivity contribution in [3.63, 3.8) is 0 Å². The highest BCUT2D eigenvalue weighted by atomic mass is 16.3. The summed E-state index contributed by atoms with van der Waals surface area (Å²) in [5.74, 6) is 0.0237. The molecule has 0 saturated carbocycles. The van der Waals surface area contributed by atoms with Crippen molar-refractivity contribution < 1.29 is 5.11 Å². The van der Waals surface area contributed by atoms with Crippen molar-refractivity contribution in [3.8, 4) is 5.88 Å². The SMILES string of the molecule is Cc1[c]nc(O)cc1. The Kier molecular flexibility index (Phi) is 1.16. The van der Waals surface area contributed by atoms with E-state index in [2.05, 4.69) is 11.2 Å². The first-order valence-corrected chi connectivity index (χ1v) is 2.33. The topological polar surface area (TPSA) is 33.1 Å². The third kappa shape index (κ3) is 0.964. The summed E-state index contributed by atoms with van der Waals surface area (Å²) >= 11 is 0. The number of rotatable bonds is 0. The number of hydrogen-bond donors (Lipinski definition) is 1. The molecule has 0 bridgehead atoms. The summed E-state index contributed by atoms with van der Waals surface area (Å²) in [6.07, 6.45) is 2.60. The van der Waals surface area contributed by atoms with Crippen LogP contribution >= 0.6 is 0 Å². The third-order valence-electron chi connectivity index (χ3n) is 0.829. The van der Waals surface area contributed by atoms with Crippen molar-refractivity contribution in [1.29, 1.82) is 0 Å². The van der Waals surface area contributed by atoms with E-state index in [1.54, 1.807) is 6.07 Å². The molecule has 0 atom stereocenters. The van der Waals surface area contributed by atoms with Gasteiger partial charge in [-0.15, -0.1) is 0 Å². The van der Waals surface area contributed by atoms with Crippen LogP contribution < -0.4 is 0 Å². The molecule has 1 aromatic rings. The molecule has 1 radical (unpaired) electrons. The third-order valence-corrected chi connectivity index (χ3v) is 0.829. The summed E-state index contributed by atoms with van der Waals surface area (Å²) in [5.41, 5.74) is 0.933. The predicted molar refractivity (Wildman–Crippen MR) is 29.5 cm³/mol. The van der Waals surface area contributed by atoms with Crippen LogP contribution in [-0.4, -0.2) is 10.1 Å². The smallest absolute Gasteiger partial charge is 0.211 e. The van der Waals surface area contributed by atoms with Crippen LogP contribution in [0.3, 0.4) is 0 Å². The molecule has 41 valence electrons. The van der Waals surface area contributed by atoms with Crippen LogP contribution in [0.4, 0.5) is 0 Å². The zero-order valence-corrected chi connectivity index (χ0v) is 4.55. The lowest BCUT2D eigenvalue weighted by Gasteiger charge is -1.87. The first-order valence-electron chi connectivity index (χ1n) is 2.33. The first kappa shape index (κ1) is 5.09. The van der Waals surface area contributed by atoms with Crippen molar-refractivity contribution in [3.05, 3.63) is 23.9 Å². The van der Waals surface area contributed by atoms with Crippen molar-refractivity contribution in [1.82, 2.24) is 4.98 Å². The number of nitrogens with zero attached hydrogens (tertiary/aromatic N) is 1. The van der Waals surface area contributed by atoms with Gasteiger partial charge in [-0.25, -0.2) is 4.98 Å². The number of aryl methyl sites for hydroxylation is 1. The first-order chi connectivity index (χ1) is 3.79. The summed E-state index contributed by atoms with van der Waals surface area (Å²) in [7, 11) is 0. The van der Waals surface area contributed by atoms with Crippen molar-refractivity contribution in [2.24, 2.45) is 0 Å². The second-order valence-corrected chi connectivity index (χ2v) is 1.60. The Balaban J connectivity index is 3.03. The van der Waals surface area contributed by atoms with Gasteiger partial charge in [-0.05, 0) is 12.5 Å². The molecule has 1 rings (SSSR count). The van der Waals surface area contributed by atoms with Gasteiger partial charge in [0.2, 0.25) is 5.88 Å². The largest absolute Gasteiger partial charge is 0.493 e. The highest BCUT2D eigenvalue weighted by molar-refractivity contribution is 5.13. The standard InChI is InChI=1S/C6H6NO/c1-5-2-3-6(8)7-4-5/h2-3H,1H3,(H,7,8). The lowest BCUT2D eigenvalue weighted by molar-refractivity contribution is 0.453. The summed E-state index contributed by atoms with van der Waals surface area (Å²) in [4.78, 5) is 3.51. The van der Waals surface area contributed by atoms with E-state index in [0.29, 0.717) is 0 Å². The van der Waals surface area contributed by atoms with E-state index >= 15 is 0 Å². The van der Waals surface area contributed by atoms with Gasteiger partial charge in [0.1, 0.15) is 0 Å². The molecular formula is C6H6NO.